The SMILES string of the molecule is OC(CC1c2c(ccc(F)c2Br)-c2cncn21)C1(O)CCC(c2ccc(F)c(Cl)c2)CC1. The number of nitrogens with zero attached hydrogens (tertiary/aromatic N) is 2. The van der Waals surface area contributed by atoms with Crippen LogP contribution in [0.15, 0.2) is 47.3 Å². The first-order valence-electron chi connectivity index (χ1n) is 10.6. The lowest BCUT2D eigenvalue weighted by molar-refractivity contribution is -0.105. The molecule has 3 aromatic rings. The van der Waals surface area contributed by atoms with Crippen LogP contribution in [0.3, 0.4) is 0 Å². The zero-order valence-corrected chi connectivity index (χ0v) is 19.5. The molecule has 4 nitrogen and oxygen atoms in total. The van der Waals surface area contributed by atoms with E-state index in [9.17, 15) is 19.0 Å². The van der Waals surface area contributed by atoms with E-state index in [1.807, 2.05) is 4.57 Å². The molecular weight excluding hydrogens is 502 g/mol. The van der Waals surface area contributed by atoms with Crippen molar-refractivity contribution in [2.75, 3.05) is 0 Å². The Morgan fingerprint density at radius 2 is 1.91 bits per heavy atom. The van der Waals surface area contributed by atoms with E-state index < -0.39 is 17.5 Å². The van der Waals surface area contributed by atoms with Crippen LogP contribution in [0.25, 0.3) is 11.3 Å². The van der Waals surface area contributed by atoms with Gasteiger partial charge in [-0.05, 0) is 77.4 Å². The molecule has 0 amide bonds. The van der Waals surface area contributed by atoms with E-state index in [1.165, 1.54) is 12.1 Å². The molecule has 32 heavy (non-hydrogen) atoms. The minimum Gasteiger partial charge on any atom is -0.390 e. The lowest BCUT2D eigenvalue weighted by atomic mass is 9.72. The Bertz CT molecular complexity index is 1180. The van der Waals surface area contributed by atoms with Gasteiger partial charge in [0.15, 0.2) is 0 Å². The first-order valence-corrected chi connectivity index (χ1v) is 11.8. The van der Waals surface area contributed by atoms with Crippen molar-refractivity contribution >= 4 is 27.5 Å². The van der Waals surface area contributed by atoms with Gasteiger partial charge in [-0.15, -0.1) is 0 Å². The van der Waals surface area contributed by atoms with Crippen molar-refractivity contribution < 1.29 is 19.0 Å². The number of halogens is 4. The van der Waals surface area contributed by atoms with Gasteiger partial charge in [0, 0.05) is 17.5 Å². The summed E-state index contributed by atoms with van der Waals surface area (Å²) in [5.41, 5.74) is 2.20. The topological polar surface area (TPSA) is 58.3 Å². The van der Waals surface area contributed by atoms with Gasteiger partial charge in [0.05, 0.1) is 45.5 Å². The number of benzene rings is 2. The number of aromatic nitrogens is 2. The second-order valence-corrected chi connectivity index (χ2v) is 10.0. The quantitative estimate of drug-likeness (QED) is 0.442. The Hall–Kier alpha value is -1.80. The number of aliphatic hydroxyl groups excluding tert-OH is 1. The zero-order valence-electron chi connectivity index (χ0n) is 17.1. The Balaban J connectivity index is 1.34. The lowest BCUT2D eigenvalue weighted by Crippen LogP contribution is -2.46. The minimum absolute atomic E-state index is 0.0946. The Labute approximate surface area is 198 Å². The van der Waals surface area contributed by atoms with Gasteiger partial charge in [0.25, 0.3) is 0 Å². The van der Waals surface area contributed by atoms with Gasteiger partial charge >= 0.3 is 0 Å². The normalized spacial score (nSPS) is 25.4. The average Bonchev–Trinajstić information content (AvgIpc) is 3.36. The number of aliphatic hydroxyl groups is 2. The summed E-state index contributed by atoms with van der Waals surface area (Å²) in [4.78, 5) is 4.21. The van der Waals surface area contributed by atoms with Crippen molar-refractivity contribution in [1.82, 2.24) is 9.55 Å². The smallest absolute Gasteiger partial charge is 0.141 e. The van der Waals surface area contributed by atoms with Gasteiger partial charge in [0.2, 0.25) is 0 Å². The Morgan fingerprint density at radius 1 is 1.19 bits per heavy atom. The predicted octanol–water partition coefficient (Wildman–Crippen LogP) is 5.99. The van der Waals surface area contributed by atoms with E-state index in [0.717, 1.165) is 22.4 Å². The highest BCUT2D eigenvalue weighted by Gasteiger charge is 2.43. The van der Waals surface area contributed by atoms with Crippen molar-refractivity contribution in [1.29, 1.82) is 0 Å². The predicted molar refractivity (Wildman–Crippen MR) is 122 cm³/mol. The van der Waals surface area contributed by atoms with E-state index in [4.69, 9.17) is 11.6 Å². The van der Waals surface area contributed by atoms with E-state index >= 15 is 0 Å². The fourth-order valence-corrected chi connectivity index (χ4v) is 6.03. The Kier molecular flexibility index (Phi) is 5.64. The molecule has 0 saturated heterocycles. The van der Waals surface area contributed by atoms with Crippen molar-refractivity contribution in [3.63, 3.8) is 0 Å². The largest absolute Gasteiger partial charge is 0.390 e. The van der Waals surface area contributed by atoms with Crippen LogP contribution in [0.4, 0.5) is 8.78 Å². The van der Waals surface area contributed by atoms with Crippen LogP contribution < -0.4 is 0 Å². The fourth-order valence-electron chi connectivity index (χ4n) is 5.23. The minimum atomic E-state index is -1.25. The van der Waals surface area contributed by atoms with Crippen LogP contribution in [-0.2, 0) is 0 Å². The molecule has 168 valence electrons. The summed E-state index contributed by atoms with van der Waals surface area (Å²) in [6, 6.07) is 7.54. The van der Waals surface area contributed by atoms with Crippen molar-refractivity contribution in [3.8, 4) is 11.3 Å². The molecule has 0 bridgehead atoms. The molecule has 1 aliphatic carbocycles. The van der Waals surface area contributed by atoms with Crippen molar-refractivity contribution in [2.24, 2.45) is 0 Å². The van der Waals surface area contributed by atoms with Gasteiger partial charge in [-0.3, -0.25) is 0 Å². The van der Waals surface area contributed by atoms with E-state index in [-0.39, 0.29) is 29.2 Å². The standard InChI is InChI=1S/C24H22BrClF2N2O2/c25-23-18(28)4-2-15-20-11-29-12-30(20)19(22(15)23)10-21(31)24(32)7-5-13(6-8-24)14-1-3-17(27)16(26)9-14/h1-4,9,11-13,19,21,31-32H,5-8,10H2. The number of rotatable bonds is 4. The number of fused-ring (bicyclic) bond motifs is 3. The van der Waals surface area contributed by atoms with Crippen molar-refractivity contribution in [2.45, 2.75) is 55.8 Å². The van der Waals surface area contributed by atoms with E-state index in [0.29, 0.717) is 30.2 Å². The molecule has 1 fully saturated rings. The first-order chi connectivity index (χ1) is 15.3. The lowest BCUT2D eigenvalue weighted by Gasteiger charge is -2.40. The highest BCUT2D eigenvalue weighted by atomic mass is 79.9. The summed E-state index contributed by atoms with van der Waals surface area (Å²) in [6.45, 7) is 0. The van der Waals surface area contributed by atoms with Crippen LogP contribution in [0, 0.1) is 11.6 Å². The fraction of sp³-hybridized carbons (Fsp3) is 0.375. The maximum absolute atomic E-state index is 14.3. The zero-order chi connectivity index (χ0) is 22.6. The van der Waals surface area contributed by atoms with Crippen LogP contribution in [-0.4, -0.2) is 31.5 Å². The van der Waals surface area contributed by atoms with Crippen LogP contribution in [0.2, 0.25) is 5.02 Å². The molecular formula is C24H22BrClF2N2O2. The van der Waals surface area contributed by atoms with Crippen LogP contribution >= 0.6 is 27.5 Å². The van der Waals surface area contributed by atoms with Crippen molar-refractivity contribution in [3.05, 3.63) is 75.1 Å². The molecule has 8 heteroatoms. The molecule has 0 radical (unpaired) electrons. The molecule has 5 rings (SSSR count). The molecule has 2 aliphatic rings. The van der Waals surface area contributed by atoms with Crippen LogP contribution in [0.5, 0.6) is 0 Å². The molecule has 1 aromatic heterocycles. The second-order valence-electron chi connectivity index (χ2n) is 8.83. The first kappa shape index (κ1) is 22.0. The molecule has 2 unspecified atom stereocenters. The second kappa shape index (κ2) is 8.20. The third kappa shape index (κ3) is 3.59. The molecule has 2 N–H and O–H groups in total. The van der Waals surface area contributed by atoms with Crippen LogP contribution in [0.1, 0.15) is 55.2 Å². The maximum Gasteiger partial charge on any atom is 0.141 e. The number of hydrogen-bond donors (Lipinski definition) is 2. The summed E-state index contributed by atoms with van der Waals surface area (Å²) >= 11 is 9.30. The van der Waals surface area contributed by atoms with Gasteiger partial charge in [-0.2, -0.15) is 0 Å². The molecule has 2 aromatic carbocycles. The number of hydrogen-bond acceptors (Lipinski definition) is 3. The van der Waals surface area contributed by atoms with E-state index in [2.05, 4.69) is 20.9 Å². The third-order valence-electron chi connectivity index (χ3n) is 7.08. The van der Waals surface area contributed by atoms with Gasteiger partial charge < -0.3 is 14.8 Å². The summed E-state index contributed by atoms with van der Waals surface area (Å²) in [7, 11) is 0. The molecule has 2 atom stereocenters. The number of imidazole rings is 1. The van der Waals surface area contributed by atoms with Gasteiger partial charge in [-0.1, -0.05) is 17.7 Å². The molecule has 2 heterocycles. The highest BCUT2D eigenvalue weighted by molar-refractivity contribution is 9.10. The van der Waals surface area contributed by atoms with E-state index in [1.54, 1.807) is 30.7 Å². The molecule has 1 saturated carbocycles. The summed E-state index contributed by atoms with van der Waals surface area (Å²) in [5, 5.41) is 22.5. The highest BCUT2D eigenvalue weighted by Crippen LogP contribution is 2.48. The monoisotopic (exact) mass is 522 g/mol. The van der Waals surface area contributed by atoms with Gasteiger partial charge in [-0.25, -0.2) is 13.8 Å². The maximum atomic E-state index is 14.3. The summed E-state index contributed by atoms with van der Waals surface area (Å²) < 4.78 is 30.1. The van der Waals surface area contributed by atoms with Gasteiger partial charge in [0.1, 0.15) is 11.6 Å². The third-order valence-corrected chi connectivity index (χ3v) is 8.17. The summed E-state index contributed by atoms with van der Waals surface area (Å²) in [5.74, 6) is -0.660. The average molecular weight is 524 g/mol. The molecule has 1 aliphatic heterocycles. The Morgan fingerprint density at radius 3 is 2.62 bits per heavy atom. The molecule has 0 spiro atoms. The summed E-state index contributed by atoms with van der Waals surface area (Å²) in [6.07, 6.45) is 4.78.